The SMILES string of the molecule is CC(C)CC(I)CC(C)C. The van der Waals surface area contributed by atoms with Crippen LogP contribution >= 0.6 is 22.6 Å². The Labute approximate surface area is 78.9 Å². The van der Waals surface area contributed by atoms with Gasteiger partial charge >= 0.3 is 0 Å². The van der Waals surface area contributed by atoms with E-state index in [1.807, 2.05) is 0 Å². The molecule has 10 heavy (non-hydrogen) atoms. The maximum absolute atomic E-state index is 2.57. The lowest BCUT2D eigenvalue weighted by Gasteiger charge is -2.13. The summed E-state index contributed by atoms with van der Waals surface area (Å²) in [6.07, 6.45) is 2.75. The molecular formula is C9H19I. The van der Waals surface area contributed by atoms with Gasteiger partial charge in [0.05, 0.1) is 0 Å². The second-order valence-electron chi connectivity index (χ2n) is 3.86. The Morgan fingerprint density at radius 1 is 0.900 bits per heavy atom. The standard InChI is InChI=1S/C9H19I/c1-7(2)5-9(10)6-8(3)4/h7-9H,5-6H2,1-4H3. The summed E-state index contributed by atoms with van der Waals surface area (Å²) in [5.74, 6) is 1.72. The Hall–Kier alpha value is 0.730. The first-order valence-electron chi connectivity index (χ1n) is 4.16. The first-order valence-corrected chi connectivity index (χ1v) is 5.41. The molecule has 0 aromatic rings. The van der Waals surface area contributed by atoms with Crippen molar-refractivity contribution in [2.75, 3.05) is 0 Å². The molecule has 1 heteroatoms. The van der Waals surface area contributed by atoms with E-state index in [9.17, 15) is 0 Å². The lowest BCUT2D eigenvalue weighted by atomic mass is 10.0. The fourth-order valence-electron chi connectivity index (χ4n) is 1.12. The van der Waals surface area contributed by atoms with Gasteiger partial charge in [0.25, 0.3) is 0 Å². The fourth-order valence-corrected chi connectivity index (χ4v) is 3.15. The first-order chi connectivity index (χ1) is 4.52. The summed E-state index contributed by atoms with van der Waals surface area (Å²) in [7, 11) is 0. The van der Waals surface area contributed by atoms with E-state index in [1.165, 1.54) is 12.8 Å². The highest BCUT2D eigenvalue weighted by molar-refractivity contribution is 14.1. The molecule has 0 rings (SSSR count). The van der Waals surface area contributed by atoms with Crippen LogP contribution in [-0.2, 0) is 0 Å². The minimum absolute atomic E-state index is 0.862. The van der Waals surface area contributed by atoms with Gasteiger partial charge in [0.15, 0.2) is 0 Å². The van der Waals surface area contributed by atoms with Crippen molar-refractivity contribution in [1.82, 2.24) is 0 Å². The third-order valence-corrected chi connectivity index (χ3v) is 2.47. The maximum Gasteiger partial charge on any atom is 0.0114 e. The molecule has 0 aliphatic carbocycles. The van der Waals surface area contributed by atoms with Gasteiger partial charge in [-0.3, -0.25) is 0 Å². The van der Waals surface area contributed by atoms with Gasteiger partial charge in [-0.2, -0.15) is 0 Å². The van der Waals surface area contributed by atoms with E-state index in [0.717, 1.165) is 15.8 Å². The third kappa shape index (κ3) is 6.84. The smallest absolute Gasteiger partial charge is 0.0114 e. The van der Waals surface area contributed by atoms with Crippen LogP contribution in [0.4, 0.5) is 0 Å². The predicted molar refractivity (Wildman–Crippen MR) is 56.7 cm³/mol. The molecule has 0 N–H and O–H groups in total. The van der Waals surface area contributed by atoms with Gasteiger partial charge in [-0.1, -0.05) is 50.3 Å². The second-order valence-corrected chi connectivity index (χ2v) is 5.62. The first kappa shape index (κ1) is 10.7. The van der Waals surface area contributed by atoms with E-state index >= 15 is 0 Å². The summed E-state index contributed by atoms with van der Waals surface area (Å²) >= 11 is 2.57. The van der Waals surface area contributed by atoms with Crippen molar-refractivity contribution in [1.29, 1.82) is 0 Å². The lowest BCUT2D eigenvalue weighted by molar-refractivity contribution is 0.503. The van der Waals surface area contributed by atoms with Gasteiger partial charge < -0.3 is 0 Å². The summed E-state index contributed by atoms with van der Waals surface area (Å²) < 4.78 is 0.887. The predicted octanol–water partition coefficient (Wildman–Crippen LogP) is 3.88. The summed E-state index contributed by atoms with van der Waals surface area (Å²) in [6, 6.07) is 0. The third-order valence-electron chi connectivity index (χ3n) is 1.45. The quantitative estimate of drug-likeness (QED) is 0.527. The monoisotopic (exact) mass is 254 g/mol. The molecule has 0 heterocycles. The van der Waals surface area contributed by atoms with Gasteiger partial charge in [-0.15, -0.1) is 0 Å². The number of halogens is 1. The molecule has 0 bridgehead atoms. The van der Waals surface area contributed by atoms with Crippen molar-refractivity contribution in [2.24, 2.45) is 11.8 Å². The van der Waals surface area contributed by atoms with Gasteiger partial charge in [-0.05, 0) is 24.7 Å². The van der Waals surface area contributed by atoms with Gasteiger partial charge in [0.1, 0.15) is 0 Å². The zero-order valence-electron chi connectivity index (χ0n) is 7.52. The molecule has 0 aromatic carbocycles. The molecule has 0 radical (unpaired) electrons. The molecule has 62 valence electrons. The topological polar surface area (TPSA) is 0 Å². The molecule has 0 spiro atoms. The van der Waals surface area contributed by atoms with Gasteiger partial charge in [-0.25, -0.2) is 0 Å². The average molecular weight is 254 g/mol. The van der Waals surface area contributed by atoms with Crippen molar-refractivity contribution in [3.05, 3.63) is 0 Å². The maximum atomic E-state index is 2.57. The Kier molecular flexibility index (Phi) is 5.78. The van der Waals surface area contributed by atoms with Crippen LogP contribution in [0.1, 0.15) is 40.5 Å². The van der Waals surface area contributed by atoms with Crippen LogP contribution in [0.15, 0.2) is 0 Å². The highest BCUT2D eigenvalue weighted by Gasteiger charge is 2.07. The summed E-state index contributed by atoms with van der Waals surface area (Å²) in [4.78, 5) is 0. The normalized spacial score (nSPS) is 12.0. The largest absolute Gasteiger partial charge is 0.0826 e. The lowest BCUT2D eigenvalue weighted by Crippen LogP contribution is -2.05. The Balaban J connectivity index is 3.34. The van der Waals surface area contributed by atoms with Crippen LogP contribution in [-0.4, -0.2) is 3.92 Å². The number of hydrogen-bond acceptors (Lipinski definition) is 0. The minimum atomic E-state index is 0.862. The molecule has 0 unspecified atom stereocenters. The van der Waals surface area contributed by atoms with E-state index in [2.05, 4.69) is 50.3 Å². The molecule has 0 amide bonds. The van der Waals surface area contributed by atoms with Crippen LogP contribution in [0.2, 0.25) is 0 Å². The van der Waals surface area contributed by atoms with Crippen LogP contribution in [0, 0.1) is 11.8 Å². The molecule has 0 aliphatic rings. The molecule has 0 aliphatic heterocycles. The van der Waals surface area contributed by atoms with Crippen molar-refractivity contribution < 1.29 is 0 Å². The summed E-state index contributed by atoms with van der Waals surface area (Å²) in [6.45, 7) is 9.19. The summed E-state index contributed by atoms with van der Waals surface area (Å²) in [5, 5.41) is 0. The van der Waals surface area contributed by atoms with Crippen molar-refractivity contribution >= 4 is 22.6 Å². The molecular weight excluding hydrogens is 235 g/mol. The van der Waals surface area contributed by atoms with Crippen LogP contribution in [0.3, 0.4) is 0 Å². The van der Waals surface area contributed by atoms with Crippen LogP contribution in [0.5, 0.6) is 0 Å². The van der Waals surface area contributed by atoms with Gasteiger partial charge in [0.2, 0.25) is 0 Å². The van der Waals surface area contributed by atoms with Crippen LogP contribution < -0.4 is 0 Å². The van der Waals surface area contributed by atoms with E-state index in [-0.39, 0.29) is 0 Å². The molecule has 0 fully saturated rings. The number of hydrogen-bond donors (Lipinski definition) is 0. The number of rotatable bonds is 4. The molecule has 0 atom stereocenters. The second kappa shape index (κ2) is 5.39. The highest BCUT2D eigenvalue weighted by atomic mass is 127. The fraction of sp³-hybridized carbons (Fsp3) is 1.00. The average Bonchev–Trinajstić information content (AvgIpc) is 1.58. The zero-order chi connectivity index (χ0) is 8.15. The summed E-state index contributed by atoms with van der Waals surface area (Å²) in [5.41, 5.74) is 0. The Bertz CT molecular complexity index is 66.8. The van der Waals surface area contributed by atoms with Crippen molar-refractivity contribution in [2.45, 2.75) is 44.5 Å². The highest BCUT2D eigenvalue weighted by Crippen LogP contribution is 2.20. The zero-order valence-corrected chi connectivity index (χ0v) is 9.68. The minimum Gasteiger partial charge on any atom is -0.0826 e. The Morgan fingerprint density at radius 3 is 1.40 bits per heavy atom. The van der Waals surface area contributed by atoms with Gasteiger partial charge in [0, 0.05) is 3.92 Å². The molecule has 0 aromatic heterocycles. The molecule has 0 saturated carbocycles. The van der Waals surface area contributed by atoms with E-state index in [4.69, 9.17) is 0 Å². The number of alkyl halides is 1. The van der Waals surface area contributed by atoms with Crippen molar-refractivity contribution in [3.8, 4) is 0 Å². The molecule has 0 nitrogen and oxygen atoms in total. The van der Waals surface area contributed by atoms with Crippen LogP contribution in [0.25, 0.3) is 0 Å². The van der Waals surface area contributed by atoms with E-state index < -0.39 is 0 Å². The Morgan fingerprint density at radius 2 is 1.20 bits per heavy atom. The van der Waals surface area contributed by atoms with E-state index in [0.29, 0.717) is 0 Å². The van der Waals surface area contributed by atoms with Crippen molar-refractivity contribution in [3.63, 3.8) is 0 Å². The van der Waals surface area contributed by atoms with E-state index in [1.54, 1.807) is 0 Å². The molecule has 0 saturated heterocycles.